The number of halogens is 1. The molecule has 32 heavy (non-hydrogen) atoms. The van der Waals surface area contributed by atoms with Crippen LogP contribution in [-0.4, -0.2) is 26.8 Å². The fourth-order valence-electron chi connectivity index (χ4n) is 4.05. The van der Waals surface area contributed by atoms with E-state index in [1.807, 2.05) is 30.3 Å². The molecule has 2 aromatic carbocycles. The first-order valence-electron chi connectivity index (χ1n) is 10.7. The summed E-state index contributed by atoms with van der Waals surface area (Å²) < 4.78 is 10.9. The highest BCUT2D eigenvalue weighted by atomic mass is 35.5. The summed E-state index contributed by atoms with van der Waals surface area (Å²) in [7, 11) is 0. The number of aromatic nitrogens is 3. The zero-order valence-electron chi connectivity index (χ0n) is 20.1. The highest BCUT2D eigenvalue weighted by molar-refractivity contribution is 6.31. The average molecular weight is 458 g/mol. The molecule has 0 saturated heterocycles. The fourth-order valence-corrected chi connectivity index (χ4v) is 4.46. The number of carbonyl (C=O) groups is 1. The molecule has 0 atom stereocenters. The first-order chi connectivity index (χ1) is 14.6. The molecule has 172 valence electrons. The third-order valence-corrected chi connectivity index (χ3v) is 5.15. The molecular formula is C25H32ClN3O3. The maximum atomic E-state index is 12.4. The first kappa shape index (κ1) is 24.1. The van der Waals surface area contributed by atoms with E-state index < -0.39 is 11.8 Å². The van der Waals surface area contributed by atoms with Crippen LogP contribution in [0.1, 0.15) is 67.4 Å². The van der Waals surface area contributed by atoms with Crippen LogP contribution in [0.3, 0.4) is 0 Å². The average Bonchev–Trinajstić information content (AvgIpc) is 3.01. The van der Waals surface area contributed by atoms with Gasteiger partial charge in [0, 0.05) is 11.1 Å². The van der Waals surface area contributed by atoms with Crippen molar-refractivity contribution < 1.29 is 14.3 Å². The Bertz CT molecular complexity index is 1100. The van der Waals surface area contributed by atoms with Gasteiger partial charge in [-0.15, -0.1) is 15.0 Å². The van der Waals surface area contributed by atoms with Crippen molar-refractivity contribution in [1.82, 2.24) is 15.0 Å². The Balaban J connectivity index is 2.14. The molecule has 0 bridgehead atoms. The Morgan fingerprint density at radius 3 is 2.03 bits per heavy atom. The second kappa shape index (κ2) is 8.39. The smallest absolute Gasteiger partial charge is 0.428 e. The number of carbonyl (C=O) groups excluding carboxylic acids is 1. The highest BCUT2D eigenvalue weighted by Crippen LogP contribution is 2.42. The lowest BCUT2D eigenvalue weighted by molar-refractivity contribution is 0.0205. The predicted molar refractivity (Wildman–Crippen MR) is 128 cm³/mol. The van der Waals surface area contributed by atoms with E-state index in [0.717, 1.165) is 23.0 Å². The quantitative estimate of drug-likeness (QED) is 0.308. The van der Waals surface area contributed by atoms with Gasteiger partial charge >= 0.3 is 6.16 Å². The minimum absolute atomic E-state index is 0.0946. The van der Waals surface area contributed by atoms with E-state index >= 15 is 0 Å². The predicted octanol–water partition coefficient (Wildman–Crippen LogP) is 7.10. The number of benzene rings is 2. The molecule has 0 aliphatic rings. The summed E-state index contributed by atoms with van der Waals surface area (Å²) in [5.74, 6) is 0.236. The summed E-state index contributed by atoms with van der Waals surface area (Å²) in [6.45, 7) is 16.3. The van der Waals surface area contributed by atoms with E-state index in [1.165, 1.54) is 4.80 Å². The van der Waals surface area contributed by atoms with E-state index in [9.17, 15) is 4.79 Å². The van der Waals surface area contributed by atoms with E-state index in [-0.39, 0.29) is 16.6 Å². The van der Waals surface area contributed by atoms with Gasteiger partial charge in [-0.25, -0.2) is 4.79 Å². The SMILES string of the molecule is CC(C)(C)CC(C)(C)c1cc(-n2nc3ccccc3n2)c(OC(=O)OC(C)(C)C)cc1Cl. The second-order valence-electron chi connectivity index (χ2n) is 11.0. The molecule has 0 radical (unpaired) electrons. The molecule has 1 heterocycles. The molecule has 1 aromatic heterocycles. The van der Waals surface area contributed by atoms with E-state index in [0.29, 0.717) is 10.7 Å². The number of rotatable bonds is 4. The van der Waals surface area contributed by atoms with Gasteiger partial charge in [-0.1, -0.05) is 58.4 Å². The Morgan fingerprint density at radius 2 is 1.53 bits per heavy atom. The van der Waals surface area contributed by atoms with Crippen molar-refractivity contribution in [2.24, 2.45) is 5.41 Å². The van der Waals surface area contributed by atoms with Crippen molar-refractivity contribution in [3.05, 3.63) is 47.0 Å². The van der Waals surface area contributed by atoms with Crippen LogP contribution in [-0.2, 0) is 10.2 Å². The molecule has 0 aliphatic carbocycles. The van der Waals surface area contributed by atoms with Crippen molar-refractivity contribution in [3.63, 3.8) is 0 Å². The lowest BCUT2D eigenvalue weighted by atomic mass is 9.72. The van der Waals surface area contributed by atoms with Gasteiger partial charge in [0.25, 0.3) is 0 Å². The van der Waals surface area contributed by atoms with Crippen LogP contribution in [0.15, 0.2) is 36.4 Å². The number of nitrogens with zero attached hydrogens (tertiary/aromatic N) is 3. The Hall–Kier alpha value is -2.60. The molecule has 6 nitrogen and oxygen atoms in total. The van der Waals surface area contributed by atoms with Crippen LogP contribution in [0.5, 0.6) is 5.75 Å². The van der Waals surface area contributed by atoms with E-state index in [1.54, 1.807) is 26.8 Å². The van der Waals surface area contributed by atoms with Gasteiger partial charge in [0.05, 0.1) is 0 Å². The molecule has 0 unspecified atom stereocenters. The maximum absolute atomic E-state index is 12.4. The molecule has 0 aliphatic heterocycles. The first-order valence-corrected chi connectivity index (χ1v) is 11.1. The summed E-state index contributed by atoms with van der Waals surface area (Å²) in [6, 6.07) is 11.1. The van der Waals surface area contributed by atoms with Gasteiger partial charge in [0.1, 0.15) is 22.3 Å². The molecule has 0 amide bonds. The molecule has 0 fully saturated rings. The second-order valence-corrected chi connectivity index (χ2v) is 11.4. The summed E-state index contributed by atoms with van der Waals surface area (Å²) in [5, 5.41) is 9.68. The molecule has 3 rings (SSSR count). The number of ether oxygens (including phenoxy) is 2. The largest absolute Gasteiger partial charge is 0.514 e. The summed E-state index contributed by atoms with van der Waals surface area (Å²) in [5.41, 5.74) is 2.10. The van der Waals surface area contributed by atoms with Gasteiger partial charge in [0.15, 0.2) is 5.75 Å². The van der Waals surface area contributed by atoms with E-state index in [4.69, 9.17) is 21.1 Å². The molecule has 0 N–H and O–H groups in total. The number of hydrogen-bond donors (Lipinski definition) is 0. The molecule has 3 aromatic rings. The van der Waals surface area contributed by atoms with Crippen LogP contribution >= 0.6 is 11.6 Å². The lowest BCUT2D eigenvalue weighted by Crippen LogP contribution is -2.27. The van der Waals surface area contributed by atoms with Crippen LogP contribution in [0.25, 0.3) is 16.7 Å². The maximum Gasteiger partial charge on any atom is 0.514 e. The van der Waals surface area contributed by atoms with E-state index in [2.05, 4.69) is 44.8 Å². The van der Waals surface area contributed by atoms with Crippen LogP contribution in [0.2, 0.25) is 5.02 Å². The number of hydrogen-bond acceptors (Lipinski definition) is 5. The zero-order valence-corrected chi connectivity index (χ0v) is 20.9. The van der Waals surface area contributed by atoms with Gasteiger partial charge in [0.2, 0.25) is 0 Å². The van der Waals surface area contributed by atoms with Crippen LogP contribution < -0.4 is 4.74 Å². The molecule has 7 heteroatoms. The molecule has 0 spiro atoms. The van der Waals surface area contributed by atoms with Crippen molar-refractivity contribution >= 4 is 28.8 Å². The summed E-state index contributed by atoms with van der Waals surface area (Å²) in [6.07, 6.45) is 0.0909. The van der Waals surface area contributed by atoms with Gasteiger partial charge in [-0.3, -0.25) is 0 Å². The standard InChI is InChI=1S/C25H32ClN3O3/c1-23(2,3)15-25(7,8)16-13-20(29-27-18-11-9-10-12-19(18)28-29)21(14-17(16)26)31-22(30)32-24(4,5)6/h9-14H,15H2,1-8H3. The molecular weight excluding hydrogens is 426 g/mol. The monoisotopic (exact) mass is 457 g/mol. The van der Waals surface area contributed by atoms with Gasteiger partial charge in [-0.2, -0.15) is 0 Å². The summed E-state index contributed by atoms with van der Waals surface area (Å²) >= 11 is 6.72. The Labute approximate surface area is 194 Å². The van der Waals surface area contributed by atoms with Crippen molar-refractivity contribution in [2.45, 2.75) is 72.8 Å². The lowest BCUT2D eigenvalue weighted by Gasteiger charge is -2.34. The summed E-state index contributed by atoms with van der Waals surface area (Å²) in [4.78, 5) is 13.9. The normalized spacial score (nSPS) is 12.8. The van der Waals surface area contributed by atoms with Crippen molar-refractivity contribution in [2.75, 3.05) is 0 Å². The third-order valence-electron chi connectivity index (χ3n) is 4.83. The van der Waals surface area contributed by atoms with Crippen LogP contribution in [0, 0.1) is 5.41 Å². The van der Waals surface area contributed by atoms with Crippen molar-refractivity contribution in [3.8, 4) is 11.4 Å². The van der Waals surface area contributed by atoms with Crippen molar-refractivity contribution in [1.29, 1.82) is 0 Å². The third kappa shape index (κ3) is 5.80. The van der Waals surface area contributed by atoms with Crippen LogP contribution in [0.4, 0.5) is 4.79 Å². The minimum atomic E-state index is -0.812. The Morgan fingerprint density at radius 1 is 0.969 bits per heavy atom. The zero-order chi connectivity index (χ0) is 23.9. The minimum Gasteiger partial charge on any atom is -0.428 e. The van der Waals surface area contributed by atoms with Gasteiger partial charge < -0.3 is 9.47 Å². The van der Waals surface area contributed by atoms with Gasteiger partial charge in [-0.05, 0) is 61.8 Å². The Kier molecular flexibility index (Phi) is 6.31. The molecule has 0 saturated carbocycles. The highest BCUT2D eigenvalue weighted by Gasteiger charge is 2.31. The fraction of sp³-hybridized carbons (Fsp3) is 0.480. The topological polar surface area (TPSA) is 66.2 Å². The number of fused-ring (bicyclic) bond motifs is 1.